The van der Waals surface area contributed by atoms with Gasteiger partial charge in [0.15, 0.2) is 17.3 Å². The van der Waals surface area contributed by atoms with Crippen molar-refractivity contribution in [3.05, 3.63) is 58.4 Å². The van der Waals surface area contributed by atoms with Crippen molar-refractivity contribution < 1.29 is 14.3 Å². The number of hydrogen-bond donors (Lipinski definition) is 0. The van der Waals surface area contributed by atoms with E-state index in [1.807, 2.05) is 22.9 Å². The average molecular weight is 355 g/mol. The zero-order valence-corrected chi connectivity index (χ0v) is 14.2. The summed E-state index contributed by atoms with van der Waals surface area (Å²) in [6.45, 7) is 1.04. The van der Waals surface area contributed by atoms with Gasteiger partial charge in [0.05, 0.1) is 10.6 Å². The summed E-state index contributed by atoms with van der Waals surface area (Å²) in [5, 5.41) is 4.94. The Balaban J connectivity index is 1.50. The molecular weight excluding hydrogens is 342 g/mol. The van der Waals surface area contributed by atoms with Gasteiger partial charge in [-0.2, -0.15) is 0 Å². The van der Waals surface area contributed by atoms with Gasteiger partial charge in [0.25, 0.3) is 0 Å². The predicted octanol–water partition coefficient (Wildman–Crippen LogP) is 4.54. The molecule has 6 heteroatoms. The van der Waals surface area contributed by atoms with Crippen LogP contribution in [0.15, 0.2) is 47.2 Å². The largest absolute Gasteiger partial charge is 0.486 e. The zero-order valence-electron chi connectivity index (χ0n) is 12.6. The number of aromatic nitrogens is 1. The van der Waals surface area contributed by atoms with Crippen molar-refractivity contribution >= 4 is 34.5 Å². The molecule has 1 aromatic carbocycles. The second-order valence-electron chi connectivity index (χ2n) is 5.11. The topological polar surface area (TPSA) is 48.4 Å². The summed E-state index contributed by atoms with van der Waals surface area (Å²) < 4.78 is 11.0. The van der Waals surface area contributed by atoms with Gasteiger partial charge in [0, 0.05) is 10.9 Å². The van der Waals surface area contributed by atoms with Gasteiger partial charge >= 0.3 is 0 Å². The van der Waals surface area contributed by atoms with Crippen LogP contribution in [0.2, 0.25) is 0 Å². The van der Waals surface area contributed by atoms with E-state index in [4.69, 9.17) is 9.47 Å². The lowest BCUT2D eigenvalue weighted by Gasteiger charge is -2.18. The maximum absolute atomic E-state index is 12.3. The molecule has 24 heavy (non-hydrogen) atoms. The molecule has 0 saturated heterocycles. The fourth-order valence-electron chi connectivity index (χ4n) is 2.33. The Bertz CT molecular complexity index is 897. The lowest BCUT2D eigenvalue weighted by atomic mass is 10.1. The van der Waals surface area contributed by atoms with Gasteiger partial charge in [-0.3, -0.25) is 4.79 Å². The highest BCUT2D eigenvalue weighted by Gasteiger charge is 2.13. The summed E-state index contributed by atoms with van der Waals surface area (Å²) in [6, 6.07) is 9.28. The van der Waals surface area contributed by atoms with E-state index in [1.165, 1.54) is 0 Å². The van der Waals surface area contributed by atoms with Crippen LogP contribution in [-0.4, -0.2) is 24.0 Å². The van der Waals surface area contributed by atoms with E-state index in [0.29, 0.717) is 30.3 Å². The first-order chi connectivity index (χ1) is 11.8. The van der Waals surface area contributed by atoms with Crippen molar-refractivity contribution in [2.24, 2.45) is 0 Å². The molecule has 2 aromatic heterocycles. The number of rotatable bonds is 4. The summed E-state index contributed by atoms with van der Waals surface area (Å²) in [5.74, 6) is 1.22. The molecule has 4 rings (SSSR count). The third-order valence-electron chi connectivity index (χ3n) is 3.49. The highest BCUT2D eigenvalue weighted by atomic mass is 32.1. The van der Waals surface area contributed by atoms with Crippen LogP contribution in [0.25, 0.3) is 16.0 Å². The summed E-state index contributed by atoms with van der Waals surface area (Å²) >= 11 is 3.23. The minimum Gasteiger partial charge on any atom is -0.486 e. The molecule has 0 radical (unpaired) electrons. The minimum atomic E-state index is -0.0855. The Labute approximate surface area is 147 Å². The van der Waals surface area contributed by atoms with Gasteiger partial charge < -0.3 is 9.47 Å². The minimum absolute atomic E-state index is 0.0855. The summed E-state index contributed by atoms with van der Waals surface area (Å²) in [4.78, 5) is 18.0. The van der Waals surface area contributed by atoms with Crippen LogP contribution in [0.1, 0.15) is 16.1 Å². The number of hydrogen-bond acceptors (Lipinski definition) is 6. The monoisotopic (exact) mass is 355 g/mol. The molecule has 4 nitrogen and oxygen atoms in total. The van der Waals surface area contributed by atoms with Gasteiger partial charge in [0.1, 0.15) is 18.2 Å². The molecule has 0 N–H and O–H groups in total. The van der Waals surface area contributed by atoms with Crippen LogP contribution in [0.4, 0.5) is 0 Å². The molecule has 0 bridgehead atoms. The van der Waals surface area contributed by atoms with Crippen molar-refractivity contribution in [3.63, 3.8) is 0 Å². The highest BCUT2D eigenvalue weighted by Crippen LogP contribution is 2.31. The van der Waals surface area contributed by atoms with Crippen LogP contribution in [0.5, 0.6) is 11.5 Å². The van der Waals surface area contributed by atoms with Crippen LogP contribution in [0.3, 0.4) is 0 Å². The van der Waals surface area contributed by atoms with E-state index in [9.17, 15) is 4.79 Å². The van der Waals surface area contributed by atoms with Gasteiger partial charge in [-0.05, 0) is 41.8 Å². The van der Waals surface area contributed by atoms with Crippen molar-refractivity contribution in [2.45, 2.75) is 0 Å². The van der Waals surface area contributed by atoms with Gasteiger partial charge in [-0.1, -0.05) is 6.07 Å². The maximum atomic E-state index is 12.3. The number of allylic oxidation sites excluding steroid dienone is 1. The number of thiophene rings is 1. The van der Waals surface area contributed by atoms with Crippen LogP contribution >= 0.6 is 22.7 Å². The van der Waals surface area contributed by atoms with Crippen LogP contribution in [0, 0.1) is 0 Å². The number of ketones is 1. The number of benzene rings is 1. The quantitative estimate of drug-likeness (QED) is 0.509. The van der Waals surface area contributed by atoms with Crippen molar-refractivity contribution in [2.75, 3.05) is 13.2 Å². The number of carbonyl (C=O) groups is 1. The van der Waals surface area contributed by atoms with E-state index >= 15 is 0 Å². The molecule has 120 valence electrons. The van der Waals surface area contributed by atoms with Crippen molar-refractivity contribution in [3.8, 4) is 21.4 Å². The smallest absolute Gasteiger partial charge is 0.186 e. The lowest BCUT2D eigenvalue weighted by molar-refractivity contribution is 0.104. The van der Waals surface area contributed by atoms with Crippen molar-refractivity contribution in [1.82, 2.24) is 4.98 Å². The number of carbonyl (C=O) groups excluding carboxylic acids is 1. The number of ether oxygens (including phenoxy) is 2. The molecule has 0 amide bonds. The SMILES string of the molecule is O=C(C=Cc1csc(-c2cccs2)n1)c1ccc2c(c1)OCCO2. The average Bonchev–Trinajstić information content (AvgIpc) is 3.30. The predicted molar refractivity (Wildman–Crippen MR) is 96.2 cm³/mol. The third kappa shape index (κ3) is 3.11. The standard InChI is InChI=1S/C18H13NO3S2/c20-14(12-3-6-15-16(10-12)22-8-7-21-15)5-4-13-11-24-18(19-13)17-2-1-9-23-17/h1-6,9-11H,7-8H2. The Hall–Kier alpha value is -2.44. The van der Waals surface area contributed by atoms with E-state index in [0.717, 1.165) is 15.6 Å². The number of thiazole rings is 1. The van der Waals surface area contributed by atoms with Crippen LogP contribution in [-0.2, 0) is 0 Å². The highest BCUT2D eigenvalue weighted by molar-refractivity contribution is 7.20. The van der Waals surface area contributed by atoms with Gasteiger partial charge in [-0.15, -0.1) is 22.7 Å². The fourth-order valence-corrected chi connectivity index (χ4v) is 3.93. The number of nitrogens with zero attached hydrogens (tertiary/aromatic N) is 1. The van der Waals surface area contributed by atoms with E-state index in [2.05, 4.69) is 4.98 Å². The van der Waals surface area contributed by atoms with Gasteiger partial charge in [-0.25, -0.2) is 4.98 Å². The molecule has 0 atom stereocenters. The molecule has 3 aromatic rings. The lowest BCUT2D eigenvalue weighted by Crippen LogP contribution is -2.15. The van der Waals surface area contributed by atoms with E-state index in [1.54, 1.807) is 53.0 Å². The Kier molecular flexibility index (Phi) is 4.15. The summed E-state index contributed by atoms with van der Waals surface area (Å²) in [6.07, 6.45) is 3.28. The summed E-state index contributed by atoms with van der Waals surface area (Å²) in [7, 11) is 0. The molecule has 1 aliphatic heterocycles. The molecule has 0 saturated carbocycles. The summed E-state index contributed by atoms with van der Waals surface area (Å²) in [5.41, 5.74) is 1.36. The first kappa shape index (κ1) is 15.1. The molecule has 0 spiro atoms. The number of fused-ring (bicyclic) bond motifs is 1. The molecular formula is C18H13NO3S2. The first-order valence-electron chi connectivity index (χ1n) is 7.41. The first-order valence-corrected chi connectivity index (χ1v) is 9.17. The van der Waals surface area contributed by atoms with Crippen molar-refractivity contribution in [1.29, 1.82) is 0 Å². The Morgan fingerprint density at radius 1 is 1.12 bits per heavy atom. The molecule has 3 heterocycles. The van der Waals surface area contributed by atoms with Gasteiger partial charge in [0.2, 0.25) is 0 Å². The Morgan fingerprint density at radius 3 is 2.83 bits per heavy atom. The molecule has 0 unspecified atom stereocenters. The van der Waals surface area contributed by atoms with E-state index < -0.39 is 0 Å². The second-order valence-corrected chi connectivity index (χ2v) is 6.92. The Morgan fingerprint density at radius 2 is 2.00 bits per heavy atom. The molecule has 0 aliphatic carbocycles. The molecule has 1 aliphatic rings. The zero-order chi connectivity index (χ0) is 16.4. The molecule has 0 fully saturated rings. The fraction of sp³-hybridized carbons (Fsp3) is 0.111. The van der Waals surface area contributed by atoms with Crippen LogP contribution < -0.4 is 9.47 Å². The van der Waals surface area contributed by atoms with E-state index in [-0.39, 0.29) is 5.78 Å². The third-order valence-corrected chi connectivity index (χ3v) is 5.39. The second kappa shape index (κ2) is 6.59. The normalized spacial score (nSPS) is 13.3. The maximum Gasteiger partial charge on any atom is 0.186 e.